The Hall–Kier alpha value is -2.60. The van der Waals surface area contributed by atoms with Crippen LogP contribution in [0.4, 0.5) is 0 Å². The molecule has 0 bridgehead atoms. The van der Waals surface area contributed by atoms with Crippen molar-refractivity contribution in [2.75, 3.05) is 13.7 Å². The lowest BCUT2D eigenvalue weighted by molar-refractivity contribution is 0.299. The lowest BCUT2D eigenvalue weighted by Gasteiger charge is -2.08. The summed E-state index contributed by atoms with van der Waals surface area (Å²) in [6.45, 7) is 6.59. The SMILES string of the molecule is COc1cc(C)c(-c2nc(Cn3cc(CCO)cn3)c(C)o2)cc1C. The van der Waals surface area contributed by atoms with Crippen molar-refractivity contribution in [3.8, 4) is 17.2 Å². The van der Waals surface area contributed by atoms with Crippen LogP contribution < -0.4 is 4.74 Å². The second-order valence-corrected chi connectivity index (χ2v) is 6.18. The Kier molecular flexibility index (Phi) is 4.90. The van der Waals surface area contributed by atoms with E-state index in [1.807, 2.05) is 43.8 Å². The smallest absolute Gasteiger partial charge is 0.226 e. The Bertz CT molecular complexity index is 880. The average molecular weight is 341 g/mol. The maximum absolute atomic E-state index is 9.00. The normalized spacial score (nSPS) is 11.1. The van der Waals surface area contributed by atoms with Crippen LogP contribution in [-0.4, -0.2) is 33.6 Å². The van der Waals surface area contributed by atoms with E-state index in [1.165, 1.54) is 0 Å². The van der Waals surface area contributed by atoms with Crippen molar-refractivity contribution in [2.24, 2.45) is 0 Å². The first-order valence-electron chi connectivity index (χ1n) is 8.26. The van der Waals surface area contributed by atoms with E-state index in [9.17, 15) is 0 Å². The van der Waals surface area contributed by atoms with Gasteiger partial charge in [-0.1, -0.05) is 0 Å². The summed E-state index contributed by atoms with van der Waals surface area (Å²) in [6, 6.07) is 4.04. The monoisotopic (exact) mass is 341 g/mol. The van der Waals surface area contributed by atoms with Gasteiger partial charge in [-0.15, -0.1) is 0 Å². The van der Waals surface area contributed by atoms with Crippen LogP contribution in [0, 0.1) is 20.8 Å². The second-order valence-electron chi connectivity index (χ2n) is 6.18. The summed E-state index contributed by atoms with van der Waals surface area (Å²) >= 11 is 0. The molecule has 3 aromatic rings. The average Bonchev–Trinajstić information content (AvgIpc) is 3.17. The Morgan fingerprint density at radius 3 is 2.72 bits per heavy atom. The second kappa shape index (κ2) is 7.11. The molecule has 0 saturated heterocycles. The zero-order chi connectivity index (χ0) is 18.0. The third-order valence-electron chi connectivity index (χ3n) is 4.26. The number of aliphatic hydroxyl groups is 1. The third kappa shape index (κ3) is 3.58. The van der Waals surface area contributed by atoms with E-state index in [1.54, 1.807) is 13.3 Å². The predicted molar refractivity (Wildman–Crippen MR) is 94.8 cm³/mol. The van der Waals surface area contributed by atoms with Gasteiger partial charge in [0.15, 0.2) is 0 Å². The highest BCUT2D eigenvalue weighted by Gasteiger charge is 2.16. The van der Waals surface area contributed by atoms with Gasteiger partial charge in [-0.2, -0.15) is 5.10 Å². The Morgan fingerprint density at radius 1 is 1.20 bits per heavy atom. The van der Waals surface area contributed by atoms with Gasteiger partial charge in [-0.3, -0.25) is 4.68 Å². The quantitative estimate of drug-likeness (QED) is 0.746. The van der Waals surface area contributed by atoms with Crippen LogP contribution >= 0.6 is 0 Å². The molecule has 0 atom stereocenters. The molecule has 2 heterocycles. The summed E-state index contributed by atoms with van der Waals surface area (Å²) in [7, 11) is 1.67. The largest absolute Gasteiger partial charge is 0.496 e. The highest BCUT2D eigenvalue weighted by molar-refractivity contribution is 5.62. The summed E-state index contributed by atoms with van der Waals surface area (Å²) in [5.74, 6) is 2.25. The summed E-state index contributed by atoms with van der Waals surface area (Å²) < 4.78 is 13.1. The fourth-order valence-corrected chi connectivity index (χ4v) is 2.83. The summed E-state index contributed by atoms with van der Waals surface area (Å²) in [5.41, 5.74) is 4.92. The van der Waals surface area contributed by atoms with Gasteiger partial charge in [-0.25, -0.2) is 4.98 Å². The molecule has 25 heavy (non-hydrogen) atoms. The van der Waals surface area contributed by atoms with E-state index in [0.29, 0.717) is 18.9 Å². The molecule has 0 aliphatic carbocycles. The zero-order valence-corrected chi connectivity index (χ0v) is 15.0. The molecule has 0 fully saturated rings. The van der Waals surface area contributed by atoms with Gasteiger partial charge in [0.25, 0.3) is 0 Å². The van der Waals surface area contributed by atoms with Crippen molar-refractivity contribution < 1.29 is 14.3 Å². The number of ether oxygens (including phenoxy) is 1. The number of nitrogens with zero attached hydrogens (tertiary/aromatic N) is 3. The van der Waals surface area contributed by atoms with Crippen molar-refractivity contribution >= 4 is 0 Å². The molecule has 6 heteroatoms. The van der Waals surface area contributed by atoms with E-state index in [2.05, 4.69) is 10.1 Å². The number of hydrogen-bond donors (Lipinski definition) is 1. The summed E-state index contributed by atoms with van der Waals surface area (Å²) in [5, 5.41) is 13.3. The first-order chi connectivity index (χ1) is 12.0. The van der Waals surface area contributed by atoms with Crippen molar-refractivity contribution in [3.05, 3.63) is 52.7 Å². The molecule has 1 N–H and O–H groups in total. The van der Waals surface area contributed by atoms with Crippen molar-refractivity contribution in [1.82, 2.24) is 14.8 Å². The van der Waals surface area contributed by atoms with Crippen LogP contribution in [0.25, 0.3) is 11.5 Å². The lowest BCUT2D eigenvalue weighted by atomic mass is 10.0. The first-order valence-corrected chi connectivity index (χ1v) is 8.26. The molecule has 6 nitrogen and oxygen atoms in total. The van der Waals surface area contributed by atoms with Crippen LogP contribution in [-0.2, 0) is 13.0 Å². The number of rotatable bonds is 6. The minimum atomic E-state index is 0.120. The molecule has 0 amide bonds. The van der Waals surface area contributed by atoms with Crippen LogP contribution in [0.1, 0.15) is 28.1 Å². The van der Waals surface area contributed by atoms with Gasteiger partial charge in [0.2, 0.25) is 5.89 Å². The number of aliphatic hydroxyl groups excluding tert-OH is 1. The highest BCUT2D eigenvalue weighted by Crippen LogP contribution is 2.30. The molecule has 0 aliphatic rings. The van der Waals surface area contributed by atoms with Gasteiger partial charge < -0.3 is 14.3 Å². The van der Waals surface area contributed by atoms with E-state index < -0.39 is 0 Å². The van der Waals surface area contributed by atoms with Gasteiger partial charge >= 0.3 is 0 Å². The maximum Gasteiger partial charge on any atom is 0.226 e. The van der Waals surface area contributed by atoms with Gasteiger partial charge in [0, 0.05) is 18.4 Å². The zero-order valence-electron chi connectivity index (χ0n) is 15.0. The molecule has 132 valence electrons. The highest BCUT2D eigenvalue weighted by atomic mass is 16.5. The van der Waals surface area contributed by atoms with Crippen molar-refractivity contribution in [3.63, 3.8) is 0 Å². The molecule has 0 saturated carbocycles. The van der Waals surface area contributed by atoms with Gasteiger partial charge in [0.05, 0.1) is 19.9 Å². The van der Waals surface area contributed by atoms with E-state index in [-0.39, 0.29) is 6.61 Å². The summed E-state index contributed by atoms with van der Waals surface area (Å²) in [4.78, 5) is 4.67. The number of benzene rings is 1. The van der Waals surface area contributed by atoms with Crippen LogP contribution in [0.3, 0.4) is 0 Å². The number of oxazole rings is 1. The fraction of sp³-hybridized carbons (Fsp3) is 0.368. The predicted octanol–water partition coefficient (Wildman–Crippen LogP) is 3.06. The number of hydrogen-bond acceptors (Lipinski definition) is 5. The van der Waals surface area contributed by atoms with Gasteiger partial charge in [-0.05, 0) is 56.0 Å². The molecule has 1 aromatic carbocycles. The number of aryl methyl sites for hydroxylation is 3. The molecule has 0 spiro atoms. The molecule has 0 unspecified atom stereocenters. The number of aromatic nitrogens is 3. The van der Waals surface area contributed by atoms with Crippen molar-refractivity contribution in [2.45, 2.75) is 33.7 Å². The van der Waals surface area contributed by atoms with E-state index in [0.717, 1.165) is 39.5 Å². The van der Waals surface area contributed by atoms with Crippen LogP contribution in [0.5, 0.6) is 5.75 Å². The van der Waals surface area contributed by atoms with Crippen LogP contribution in [0.15, 0.2) is 28.9 Å². The standard InChI is InChI=1S/C19H23N3O3/c1-12-8-18(24-4)13(2)7-16(12)19-21-17(14(3)25-19)11-22-10-15(5-6-23)9-20-22/h7-10,23H,5-6,11H2,1-4H3. The Balaban J connectivity index is 1.88. The fourth-order valence-electron chi connectivity index (χ4n) is 2.83. The third-order valence-corrected chi connectivity index (χ3v) is 4.26. The van der Waals surface area contributed by atoms with Crippen molar-refractivity contribution in [1.29, 1.82) is 0 Å². The first kappa shape index (κ1) is 17.2. The molecule has 0 aliphatic heterocycles. The lowest BCUT2D eigenvalue weighted by Crippen LogP contribution is -2.02. The summed E-state index contributed by atoms with van der Waals surface area (Å²) in [6.07, 6.45) is 4.30. The molecular formula is C19H23N3O3. The molecular weight excluding hydrogens is 318 g/mol. The number of methoxy groups -OCH3 is 1. The van der Waals surface area contributed by atoms with E-state index >= 15 is 0 Å². The van der Waals surface area contributed by atoms with Gasteiger partial charge in [0.1, 0.15) is 17.2 Å². The molecule has 2 aromatic heterocycles. The van der Waals surface area contributed by atoms with E-state index in [4.69, 9.17) is 14.3 Å². The minimum Gasteiger partial charge on any atom is -0.496 e. The topological polar surface area (TPSA) is 73.3 Å². The van der Waals surface area contributed by atoms with Crippen LogP contribution in [0.2, 0.25) is 0 Å². The Morgan fingerprint density at radius 2 is 2.00 bits per heavy atom. The maximum atomic E-state index is 9.00. The molecule has 3 rings (SSSR count). The Labute approximate surface area is 147 Å². The minimum absolute atomic E-state index is 0.120. The molecule has 0 radical (unpaired) electrons.